The Kier molecular flexibility index (Phi) is 7.41. The minimum Gasteiger partial charge on any atom is -0.467 e. The molecule has 0 radical (unpaired) electrons. The van der Waals surface area contributed by atoms with Crippen molar-refractivity contribution >= 4 is 29.2 Å². The molecule has 0 aliphatic carbocycles. The number of nitrogens with zero attached hydrogens (tertiary/aromatic N) is 2. The monoisotopic (exact) mass is 442 g/mol. The maximum atomic E-state index is 13.2. The average molecular weight is 443 g/mol. The molecule has 0 aliphatic rings. The van der Waals surface area contributed by atoms with Crippen LogP contribution in [-0.2, 0) is 17.9 Å². The number of amides is 1. The number of aromatic amines is 1. The van der Waals surface area contributed by atoms with Crippen LogP contribution in [0.5, 0.6) is 0 Å². The van der Waals surface area contributed by atoms with Gasteiger partial charge < -0.3 is 10.2 Å². The predicted octanol–water partition coefficient (Wildman–Crippen LogP) is 3.15. The number of rotatable bonds is 9. The number of hydrogen-bond acceptors (Lipinski definition) is 6. The highest BCUT2D eigenvalue weighted by Gasteiger charge is 2.25. The van der Waals surface area contributed by atoms with E-state index < -0.39 is 11.2 Å². The van der Waals surface area contributed by atoms with Crippen LogP contribution in [0, 0.1) is 6.92 Å². The largest absolute Gasteiger partial charge is 0.467 e. The summed E-state index contributed by atoms with van der Waals surface area (Å²) in [5, 5.41) is 0. The van der Waals surface area contributed by atoms with Gasteiger partial charge in [-0.2, -0.15) is 0 Å². The van der Waals surface area contributed by atoms with E-state index in [9.17, 15) is 14.4 Å². The number of hydrogen-bond donors (Lipinski definition) is 2. The second kappa shape index (κ2) is 10.2. The molecule has 3 aromatic rings. The quantitative estimate of drug-likeness (QED) is 0.492. The molecular formula is C22H26N4O4S. The van der Waals surface area contributed by atoms with Crippen LogP contribution in [0.1, 0.15) is 31.1 Å². The zero-order valence-corrected chi connectivity index (χ0v) is 18.4. The van der Waals surface area contributed by atoms with Gasteiger partial charge in [0.05, 0.1) is 18.6 Å². The summed E-state index contributed by atoms with van der Waals surface area (Å²) in [6, 6.07) is 11.2. The van der Waals surface area contributed by atoms with E-state index in [4.69, 9.17) is 10.2 Å². The minimum atomic E-state index is -0.698. The van der Waals surface area contributed by atoms with Gasteiger partial charge in [-0.25, -0.2) is 4.79 Å². The van der Waals surface area contributed by atoms with Crippen molar-refractivity contribution in [2.45, 2.75) is 44.7 Å². The van der Waals surface area contributed by atoms with Gasteiger partial charge in [0, 0.05) is 11.4 Å². The van der Waals surface area contributed by atoms with Crippen molar-refractivity contribution in [3.05, 3.63) is 74.8 Å². The number of aryl methyl sites for hydroxylation is 1. The van der Waals surface area contributed by atoms with Gasteiger partial charge in [0.2, 0.25) is 5.91 Å². The average Bonchev–Trinajstić information content (AvgIpc) is 3.25. The number of nitrogens with two attached hydrogens (primary N) is 1. The lowest BCUT2D eigenvalue weighted by Crippen LogP contribution is -2.41. The third-order valence-electron chi connectivity index (χ3n) is 4.86. The Morgan fingerprint density at radius 1 is 1.23 bits per heavy atom. The van der Waals surface area contributed by atoms with Crippen molar-refractivity contribution in [1.82, 2.24) is 9.55 Å². The summed E-state index contributed by atoms with van der Waals surface area (Å²) in [6.45, 7) is 4.34. The molecule has 1 amide bonds. The molecule has 31 heavy (non-hydrogen) atoms. The number of anilines is 2. The van der Waals surface area contributed by atoms with E-state index in [0.29, 0.717) is 18.7 Å². The van der Waals surface area contributed by atoms with Gasteiger partial charge in [0.1, 0.15) is 11.6 Å². The first-order valence-electron chi connectivity index (χ1n) is 10.1. The first-order valence-corrected chi connectivity index (χ1v) is 11.0. The van der Waals surface area contributed by atoms with Crippen LogP contribution in [-0.4, -0.2) is 21.2 Å². The highest BCUT2D eigenvalue weighted by atomic mass is 32.2. The van der Waals surface area contributed by atoms with Crippen molar-refractivity contribution in [2.24, 2.45) is 0 Å². The van der Waals surface area contributed by atoms with Gasteiger partial charge in [0.25, 0.3) is 5.56 Å². The van der Waals surface area contributed by atoms with Gasteiger partial charge in [-0.3, -0.25) is 24.0 Å². The molecule has 0 saturated carbocycles. The summed E-state index contributed by atoms with van der Waals surface area (Å²) in [5.74, 6) is 0.253. The van der Waals surface area contributed by atoms with E-state index in [0.717, 1.165) is 16.9 Å². The van der Waals surface area contributed by atoms with Crippen LogP contribution in [0.15, 0.2) is 61.6 Å². The number of nitrogens with one attached hydrogen (secondary N) is 1. The number of carbonyl (C=O) groups is 1. The second-order valence-corrected chi connectivity index (χ2v) is 8.13. The number of aromatic nitrogens is 2. The lowest BCUT2D eigenvalue weighted by atomic mass is 10.2. The zero-order chi connectivity index (χ0) is 22.4. The first kappa shape index (κ1) is 22.5. The maximum Gasteiger partial charge on any atom is 0.330 e. The summed E-state index contributed by atoms with van der Waals surface area (Å²) >= 11 is 1.38. The number of carbonyl (C=O) groups excluding carboxylic acids is 1. The molecule has 0 bridgehead atoms. The molecular weight excluding hydrogens is 416 g/mol. The second-order valence-electron chi connectivity index (χ2n) is 7.11. The third-order valence-corrected chi connectivity index (χ3v) is 6.02. The highest BCUT2D eigenvalue weighted by Crippen LogP contribution is 2.25. The molecule has 1 aromatic carbocycles. The Hall–Kier alpha value is -3.20. The van der Waals surface area contributed by atoms with Gasteiger partial charge in [-0.05, 0) is 37.1 Å². The highest BCUT2D eigenvalue weighted by molar-refractivity contribution is 8.00. The van der Waals surface area contributed by atoms with Gasteiger partial charge >= 0.3 is 5.69 Å². The number of nitrogen functional groups attached to an aromatic ring is 1. The Balaban J connectivity index is 1.97. The molecule has 0 aliphatic heterocycles. The molecule has 9 heteroatoms. The van der Waals surface area contributed by atoms with Crippen LogP contribution < -0.4 is 21.9 Å². The summed E-state index contributed by atoms with van der Waals surface area (Å²) in [5.41, 5.74) is 5.97. The zero-order valence-electron chi connectivity index (χ0n) is 17.6. The van der Waals surface area contributed by atoms with E-state index in [-0.39, 0.29) is 29.7 Å². The van der Waals surface area contributed by atoms with E-state index in [1.54, 1.807) is 12.1 Å². The van der Waals surface area contributed by atoms with Crippen LogP contribution >= 0.6 is 11.8 Å². The SMILES string of the molecule is CCCCn1c(N)c(N(Cc2ccco2)C(=O)CSc2ccccc2C)c(=O)[nH]c1=O. The fraction of sp³-hybridized carbons (Fsp3) is 0.318. The van der Waals surface area contributed by atoms with Crippen molar-refractivity contribution in [2.75, 3.05) is 16.4 Å². The van der Waals surface area contributed by atoms with Gasteiger partial charge in [-0.1, -0.05) is 31.5 Å². The van der Waals surface area contributed by atoms with Crippen molar-refractivity contribution in [1.29, 1.82) is 0 Å². The standard InChI is InChI=1S/C22H26N4O4S/c1-3-4-11-25-20(23)19(21(28)24-22(25)29)26(13-16-9-7-12-30-16)18(27)14-31-17-10-6-5-8-15(17)2/h5-10,12H,3-4,11,13-14,23H2,1-2H3,(H,24,28,29). The van der Waals surface area contributed by atoms with Crippen LogP contribution in [0.2, 0.25) is 0 Å². The fourth-order valence-corrected chi connectivity index (χ4v) is 4.07. The van der Waals surface area contributed by atoms with Crippen LogP contribution in [0.25, 0.3) is 0 Å². The molecule has 3 rings (SSSR count). The van der Waals surface area contributed by atoms with Gasteiger partial charge in [0.15, 0.2) is 5.69 Å². The summed E-state index contributed by atoms with van der Waals surface area (Å²) in [4.78, 5) is 42.8. The Morgan fingerprint density at radius 2 is 2.00 bits per heavy atom. The number of benzene rings is 1. The molecule has 0 spiro atoms. The molecule has 2 aromatic heterocycles. The normalized spacial score (nSPS) is 10.9. The van der Waals surface area contributed by atoms with Crippen molar-refractivity contribution in [3.8, 4) is 0 Å². The van der Waals surface area contributed by atoms with Crippen molar-refractivity contribution in [3.63, 3.8) is 0 Å². The smallest absolute Gasteiger partial charge is 0.330 e. The topological polar surface area (TPSA) is 114 Å². The Morgan fingerprint density at radius 3 is 2.68 bits per heavy atom. The molecule has 2 heterocycles. The predicted molar refractivity (Wildman–Crippen MR) is 122 cm³/mol. The molecule has 0 atom stereocenters. The molecule has 0 saturated heterocycles. The van der Waals surface area contributed by atoms with E-state index in [2.05, 4.69) is 4.98 Å². The summed E-state index contributed by atoms with van der Waals surface area (Å²) in [6.07, 6.45) is 3.06. The van der Waals surface area contributed by atoms with E-state index >= 15 is 0 Å². The fourth-order valence-electron chi connectivity index (χ4n) is 3.16. The van der Waals surface area contributed by atoms with Crippen molar-refractivity contribution < 1.29 is 9.21 Å². The molecule has 0 fully saturated rings. The Bertz CT molecular complexity index is 1150. The number of H-pyrrole nitrogens is 1. The maximum absolute atomic E-state index is 13.2. The van der Waals surface area contributed by atoms with Gasteiger partial charge in [-0.15, -0.1) is 11.8 Å². The minimum absolute atomic E-state index is 0.0250. The molecule has 0 unspecified atom stereocenters. The number of thioether (sulfide) groups is 1. The lowest BCUT2D eigenvalue weighted by Gasteiger charge is -2.24. The third kappa shape index (κ3) is 5.29. The number of unbranched alkanes of at least 4 members (excludes halogenated alkanes) is 1. The van der Waals surface area contributed by atoms with E-state index in [1.165, 1.54) is 27.5 Å². The summed E-state index contributed by atoms with van der Waals surface area (Å²) in [7, 11) is 0. The lowest BCUT2D eigenvalue weighted by molar-refractivity contribution is -0.116. The first-order chi connectivity index (χ1) is 14.9. The molecule has 164 valence electrons. The Labute approximate surface area is 184 Å². The van der Waals surface area contributed by atoms with Crippen LogP contribution in [0.4, 0.5) is 11.5 Å². The van der Waals surface area contributed by atoms with E-state index in [1.807, 2.05) is 38.1 Å². The molecule has 3 N–H and O–H groups in total. The van der Waals surface area contributed by atoms with Crippen LogP contribution in [0.3, 0.4) is 0 Å². The number of furan rings is 1. The summed E-state index contributed by atoms with van der Waals surface area (Å²) < 4.78 is 6.70. The molecule has 8 nitrogen and oxygen atoms in total.